The van der Waals surface area contributed by atoms with Crippen molar-refractivity contribution < 1.29 is 4.39 Å². The number of benzene rings is 1. The summed E-state index contributed by atoms with van der Waals surface area (Å²) < 4.78 is 12.8. The van der Waals surface area contributed by atoms with Crippen molar-refractivity contribution in [1.29, 1.82) is 0 Å². The van der Waals surface area contributed by atoms with Crippen LogP contribution >= 0.6 is 11.8 Å². The van der Waals surface area contributed by atoms with Gasteiger partial charge in [-0.3, -0.25) is 0 Å². The maximum absolute atomic E-state index is 12.8. The summed E-state index contributed by atoms with van der Waals surface area (Å²) in [5, 5.41) is 0.788. The molecule has 0 bridgehead atoms. The molecule has 3 nitrogen and oxygen atoms in total. The molecule has 0 saturated heterocycles. The van der Waals surface area contributed by atoms with Gasteiger partial charge in [0, 0.05) is 17.0 Å². The average molecular weight is 263 g/mol. The average Bonchev–Trinajstić information content (AvgIpc) is 2.28. The predicted octanol–water partition coefficient (Wildman–Crippen LogP) is 3.36. The summed E-state index contributed by atoms with van der Waals surface area (Å²) >= 11 is 1.51. The zero-order chi connectivity index (χ0) is 13.1. The van der Waals surface area contributed by atoms with Gasteiger partial charge in [-0.05, 0) is 31.5 Å². The monoisotopic (exact) mass is 263 g/mol. The molecular formula is C13H14FN3S. The highest BCUT2D eigenvalue weighted by Gasteiger charge is 2.10. The van der Waals surface area contributed by atoms with E-state index in [4.69, 9.17) is 5.73 Å². The van der Waals surface area contributed by atoms with Crippen LogP contribution in [0.4, 0.5) is 10.2 Å². The van der Waals surface area contributed by atoms with E-state index in [1.54, 1.807) is 18.2 Å². The second-order valence-corrected chi connectivity index (χ2v) is 5.34. The number of aryl methyl sites for hydroxylation is 1. The molecule has 0 spiro atoms. The van der Waals surface area contributed by atoms with Crippen molar-refractivity contribution in [1.82, 2.24) is 9.97 Å². The summed E-state index contributed by atoms with van der Waals surface area (Å²) in [6, 6.07) is 8.18. The molecule has 1 aromatic heterocycles. The Hall–Kier alpha value is -1.62. The lowest BCUT2D eigenvalue weighted by Crippen LogP contribution is -1.98. The number of thioether (sulfide) groups is 1. The lowest BCUT2D eigenvalue weighted by molar-refractivity contribution is 0.627. The van der Waals surface area contributed by atoms with Crippen molar-refractivity contribution in [2.45, 2.75) is 24.3 Å². The van der Waals surface area contributed by atoms with Gasteiger partial charge in [0.1, 0.15) is 11.6 Å². The Labute approximate surface area is 110 Å². The van der Waals surface area contributed by atoms with E-state index in [-0.39, 0.29) is 11.1 Å². The summed E-state index contributed by atoms with van der Waals surface area (Å²) in [5.74, 6) is 0.239. The minimum Gasteiger partial charge on any atom is -0.384 e. The van der Waals surface area contributed by atoms with Crippen molar-refractivity contribution in [3.05, 3.63) is 47.4 Å². The standard InChI is InChI=1S/C13H14FN3S/c1-8-7-12(15)17-13(16-8)18-9(2)10-3-5-11(14)6-4-10/h3-7,9H,1-2H3,(H2,15,16,17)/t9-/m0/s1. The molecule has 1 aromatic carbocycles. The van der Waals surface area contributed by atoms with Gasteiger partial charge in [-0.15, -0.1) is 0 Å². The second kappa shape index (κ2) is 5.35. The highest BCUT2D eigenvalue weighted by atomic mass is 32.2. The lowest BCUT2D eigenvalue weighted by Gasteiger charge is -2.11. The number of hydrogen-bond donors (Lipinski definition) is 1. The third-order valence-corrected chi connectivity index (χ3v) is 3.49. The summed E-state index contributed by atoms with van der Waals surface area (Å²) in [7, 11) is 0. The molecule has 18 heavy (non-hydrogen) atoms. The predicted molar refractivity (Wildman–Crippen MR) is 71.9 cm³/mol. The Bertz CT molecular complexity index is 522. The molecule has 5 heteroatoms. The first-order valence-electron chi connectivity index (χ1n) is 5.58. The number of nitrogen functional groups attached to an aromatic ring is 1. The van der Waals surface area contributed by atoms with Gasteiger partial charge in [-0.2, -0.15) is 0 Å². The molecule has 0 radical (unpaired) electrons. The van der Waals surface area contributed by atoms with Crippen molar-refractivity contribution in [3.8, 4) is 0 Å². The van der Waals surface area contributed by atoms with Gasteiger partial charge in [0.25, 0.3) is 0 Å². The molecule has 0 fully saturated rings. The quantitative estimate of drug-likeness (QED) is 0.681. The maximum Gasteiger partial charge on any atom is 0.190 e. The van der Waals surface area contributed by atoms with Crippen molar-refractivity contribution in [2.24, 2.45) is 0 Å². The minimum absolute atomic E-state index is 0.145. The molecule has 2 aromatic rings. The van der Waals surface area contributed by atoms with Gasteiger partial charge in [0.2, 0.25) is 0 Å². The molecule has 2 rings (SSSR count). The Morgan fingerprint density at radius 1 is 1.22 bits per heavy atom. The van der Waals surface area contributed by atoms with E-state index in [1.165, 1.54) is 23.9 Å². The highest BCUT2D eigenvalue weighted by molar-refractivity contribution is 7.99. The molecule has 0 amide bonds. The number of rotatable bonds is 3. The normalized spacial score (nSPS) is 12.4. The van der Waals surface area contributed by atoms with Gasteiger partial charge in [-0.25, -0.2) is 14.4 Å². The molecule has 2 N–H and O–H groups in total. The van der Waals surface area contributed by atoms with E-state index in [0.29, 0.717) is 11.0 Å². The van der Waals surface area contributed by atoms with Crippen LogP contribution in [0.25, 0.3) is 0 Å². The Morgan fingerprint density at radius 3 is 2.50 bits per heavy atom. The van der Waals surface area contributed by atoms with Crippen LogP contribution in [0.2, 0.25) is 0 Å². The molecule has 1 atom stereocenters. The Kier molecular flexibility index (Phi) is 3.81. The van der Waals surface area contributed by atoms with Crippen LogP contribution in [0, 0.1) is 12.7 Å². The second-order valence-electron chi connectivity index (χ2n) is 4.03. The molecule has 0 aliphatic heterocycles. The van der Waals surface area contributed by atoms with E-state index in [9.17, 15) is 4.39 Å². The van der Waals surface area contributed by atoms with Crippen LogP contribution in [0.1, 0.15) is 23.4 Å². The van der Waals surface area contributed by atoms with E-state index in [2.05, 4.69) is 9.97 Å². The third-order valence-electron chi connectivity index (χ3n) is 2.48. The highest BCUT2D eigenvalue weighted by Crippen LogP contribution is 2.33. The molecule has 0 aliphatic carbocycles. The number of anilines is 1. The van der Waals surface area contributed by atoms with Crippen LogP contribution in [-0.2, 0) is 0 Å². The van der Waals surface area contributed by atoms with Crippen LogP contribution in [0.15, 0.2) is 35.5 Å². The molecule has 0 unspecified atom stereocenters. The summed E-state index contributed by atoms with van der Waals surface area (Å²) in [6.45, 7) is 3.91. The first-order valence-corrected chi connectivity index (χ1v) is 6.46. The fourth-order valence-electron chi connectivity index (χ4n) is 1.58. The first kappa shape index (κ1) is 12.8. The lowest BCUT2D eigenvalue weighted by atomic mass is 10.2. The van der Waals surface area contributed by atoms with E-state index >= 15 is 0 Å². The largest absolute Gasteiger partial charge is 0.384 e. The fraction of sp³-hybridized carbons (Fsp3) is 0.231. The smallest absolute Gasteiger partial charge is 0.190 e. The topological polar surface area (TPSA) is 51.8 Å². The maximum atomic E-state index is 12.8. The first-order chi connectivity index (χ1) is 8.54. The number of nitrogens with zero attached hydrogens (tertiary/aromatic N) is 2. The van der Waals surface area contributed by atoms with E-state index in [1.807, 2.05) is 13.8 Å². The fourth-order valence-corrected chi connectivity index (χ4v) is 2.54. The van der Waals surface area contributed by atoms with Crippen molar-refractivity contribution >= 4 is 17.6 Å². The molecule has 0 aliphatic rings. The third kappa shape index (κ3) is 3.20. The molecular weight excluding hydrogens is 249 g/mol. The number of hydrogen-bond acceptors (Lipinski definition) is 4. The van der Waals surface area contributed by atoms with Gasteiger partial charge in [0.05, 0.1) is 0 Å². The van der Waals surface area contributed by atoms with E-state index < -0.39 is 0 Å². The van der Waals surface area contributed by atoms with Gasteiger partial charge >= 0.3 is 0 Å². The Balaban J connectivity index is 2.15. The van der Waals surface area contributed by atoms with Crippen LogP contribution < -0.4 is 5.73 Å². The Morgan fingerprint density at radius 2 is 1.89 bits per heavy atom. The number of halogens is 1. The van der Waals surface area contributed by atoms with Crippen LogP contribution in [0.5, 0.6) is 0 Å². The number of nitrogens with two attached hydrogens (primary N) is 1. The zero-order valence-electron chi connectivity index (χ0n) is 10.2. The van der Waals surface area contributed by atoms with Crippen molar-refractivity contribution in [2.75, 3.05) is 5.73 Å². The SMILES string of the molecule is Cc1cc(N)nc(S[C@@H](C)c2ccc(F)cc2)n1. The molecule has 0 saturated carbocycles. The van der Waals surface area contributed by atoms with Crippen LogP contribution in [-0.4, -0.2) is 9.97 Å². The van der Waals surface area contributed by atoms with Gasteiger partial charge in [0.15, 0.2) is 5.16 Å². The minimum atomic E-state index is -0.230. The van der Waals surface area contributed by atoms with Crippen LogP contribution in [0.3, 0.4) is 0 Å². The summed E-state index contributed by atoms with van der Waals surface area (Å²) in [5.41, 5.74) is 7.56. The molecule has 1 heterocycles. The number of aromatic nitrogens is 2. The van der Waals surface area contributed by atoms with Gasteiger partial charge in [-0.1, -0.05) is 23.9 Å². The zero-order valence-corrected chi connectivity index (χ0v) is 11.0. The summed E-state index contributed by atoms with van der Waals surface area (Å²) in [6.07, 6.45) is 0. The van der Waals surface area contributed by atoms with Gasteiger partial charge < -0.3 is 5.73 Å². The van der Waals surface area contributed by atoms with E-state index in [0.717, 1.165) is 11.3 Å². The molecule has 94 valence electrons. The summed E-state index contributed by atoms with van der Waals surface area (Å²) in [4.78, 5) is 8.49. The van der Waals surface area contributed by atoms with Crippen molar-refractivity contribution in [3.63, 3.8) is 0 Å².